The number of ether oxygens (including phenoxy) is 2. The molecule has 1 atom stereocenters. The number of nitrogens with zero attached hydrogens (tertiary/aromatic N) is 3. The molecule has 0 bridgehead atoms. The Bertz CT molecular complexity index is 627. The third-order valence-corrected chi connectivity index (χ3v) is 3.19. The molecule has 6 nitrogen and oxygen atoms in total. The second-order valence-electron chi connectivity index (χ2n) is 4.70. The molecule has 3 rings (SSSR count). The Kier molecular flexibility index (Phi) is 3.58. The van der Waals surface area contributed by atoms with Gasteiger partial charge in [-0.1, -0.05) is 0 Å². The van der Waals surface area contributed by atoms with Gasteiger partial charge in [0.2, 0.25) is 6.29 Å². The van der Waals surface area contributed by atoms with Gasteiger partial charge in [0.15, 0.2) is 0 Å². The molecule has 0 aliphatic carbocycles. The van der Waals surface area contributed by atoms with Gasteiger partial charge in [0.05, 0.1) is 24.2 Å². The van der Waals surface area contributed by atoms with Crippen LogP contribution in [0.25, 0.3) is 11.0 Å². The SMILES string of the molecule is CN1CCOC(OC(=O)c2ccnc3cccnc23)C1. The van der Waals surface area contributed by atoms with Gasteiger partial charge in [0.25, 0.3) is 0 Å². The summed E-state index contributed by atoms with van der Waals surface area (Å²) in [7, 11) is 1.97. The number of carbonyl (C=O) groups is 1. The van der Waals surface area contributed by atoms with E-state index in [0.29, 0.717) is 29.7 Å². The van der Waals surface area contributed by atoms with Crippen LogP contribution < -0.4 is 0 Å². The lowest BCUT2D eigenvalue weighted by Gasteiger charge is -2.29. The zero-order valence-corrected chi connectivity index (χ0v) is 11.2. The van der Waals surface area contributed by atoms with E-state index < -0.39 is 12.3 Å². The summed E-state index contributed by atoms with van der Waals surface area (Å²) in [5.41, 5.74) is 1.63. The van der Waals surface area contributed by atoms with Crippen LogP contribution in [0.1, 0.15) is 10.4 Å². The minimum absolute atomic E-state index is 0.410. The van der Waals surface area contributed by atoms with Crippen LogP contribution in [0, 0.1) is 0 Å². The van der Waals surface area contributed by atoms with Crippen molar-refractivity contribution in [2.24, 2.45) is 0 Å². The van der Waals surface area contributed by atoms with Crippen LogP contribution in [-0.2, 0) is 9.47 Å². The predicted molar refractivity (Wildman–Crippen MR) is 72.2 cm³/mol. The summed E-state index contributed by atoms with van der Waals surface area (Å²) in [5.74, 6) is -0.434. The first-order chi connectivity index (χ1) is 9.74. The molecule has 0 aromatic carbocycles. The maximum Gasteiger partial charge on any atom is 0.342 e. The van der Waals surface area contributed by atoms with E-state index in [9.17, 15) is 4.79 Å². The van der Waals surface area contributed by atoms with Gasteiger partial charge in [0.1, 0.15) is 5.52 Å². The highest BCUT2D eigenvalue weighted by molar-refractivity contribution is 6.01. The monoisotopic (exact) mass is 273 g/mol. The standard InChI is InChI=1S/C14H15N3O3/c1-17-7-8-19-12(9-17)20-14(18)10-4-6-15-11-3-2-5-16-13(10)11/h2-6,12H,7-9H2,1H3. The number of hydrogen-bond donors (Lipinski definition) is 0. The Balaban J connectivity index is 1.82. The predicted octanol–water partition coefficient (Wildman–Crippen LogP) is 1.07. The fourth-order valence-electron chi connectivity index (χ4n) is 2.14. The van der Waals surface area contributed by atoms with E-state index in [1.54, 1.807) is 24.5 Å². The summed E-state index contributed by atoms with van der Waals surface area (Å²) < 4.78 is 10.8. The van der Waals surface area contributed by atoms with Gasteiger partial charge in [-0.3, -0.25) is 14.9 Å². The molecular weight excluding hydrogens is 258 g/mol. The number of carbonyl (C=O) groups excluding carboxylic acids is 1. The number of esters is 1. The normalized spacial score (nSPS) is 19.9. The molecule has 0 N–H and O–H groups in total. The van der Waals surface area contributed by atoms with Crippen molar-refractivity contribution >= 4 is 17.0 Å². The number of fused-ring (bicyclic) bond motifs is 1. The minimum Gasteiger partial charge on any atom is -0.431 e. The fourth-order valence-corrected chi connectivity index (χ4v) is 2.14. The lowest BCUT2D eigenvalue weighted by Crippen LogP contribution is -2.42. The van der Waals surface area contributed by atoms with Crippen LogP contribution in [0.3, 0.4) is 0 Å². The minimum atomic E-state index is -0.534. The molecule has 3 heterocycles. The van der Waals surface area contributed by atoms with Crippen molar-refractivity contribution < 1.29 is 14.3 Å². The molecule has 0 saturated carbocycles. The van der Waals surface area contributed by atoms with Crippen LogP contribution >= 0.6 is 0 Å². The highest BCUT2D eigenvalue weighted by Crippen LogP contribution is 2.16. The van der Waals surface area contributed by atoms with Crippen LogP contribution in [0.4, 0.5) is 0 Å². The lowest BCUT2D eigenvalue weighted by molar-refractivity contribution is -0.146. The first kappa shape index (κ1) is 13.0. The molecule has 2 aromatic rings. The summed E-state index contributed by atoms with van der Waals surface area (Å²) in [6, 6.07) is 5.21. The molecular formula is C14H15N3O3. The van der Waals surface area contributed by atoms with Crippen molar-refractivity contribution in [3.8, 4) is 0 Å². The zero-order chi connectivity index (χ0) is 13.9. The van der Waals surface area contributed by atoms with E-state index in [1.807, 2.05) is 13.1 Å². The summed E-state index contributed by atoms with van der Waals surface area (Å²) in [4.78, 5) is 22.7. The first-order valence-corrected chi connectivity index (χ1v) is 6.45. The second-order valence-corrected chi connectivity index (χ2v) is 4.70. The average molecular weight is 273 g/mol. The Labute approximate surface area is 116 Å². The van der Waals surface area contributed by atoms with E-state index in [2.05, 4.69) is 14.9 Å². The van der Waals surface area contributed by atoms with E-state index in [4.69, 9.17) is 9.47 Å². The molecule has 0 spiro atoms. The number of pyridine rings is 2. The summed E-state index contributed by atoms with van der Waals surface area (Å²) in [6.45, 7) is 1.97. The molecule has 104 valence electrons. The molecule has 1 aliphatic heterocycles. The van der Waals surface area contributed by atoms with Crippen molar-refractivity contribution in [1.82, 2.24) is 14.9 Å². The molecule has 6 heteroatoms. The largest absolute Gasteiger partial charge is 0.431 e. The smallest absolute Gasteiger partial charge is 0.342 e. The van der Waals surface area contributed by atoms with Crippen molar-refractivity contribution in [3.63, 3.8) is 0 Å². The molecule has 20 heavy (non-hydrogen) atoms. The van der Waals surface area contributed by atoms with Crippen LogP contribution in [0.15, 0.2) is 30.6 Å². The van der Waals surface area contributed by atoms with Gasteiger partial charge in [-0.15, -0.1) is 0 Å². The van der Waals surface area contributed by atoms with Crippen LogP contribution in [0.2, 0.25) is 0 Å². The first-order valence-electron chi connectivity index (χ1n) is 6.45. The molecule has 1 aliphatic rings. The lowest BCUT2D eigenvalue weighted by atomic mass is 10.2. The summed E-state index contributed by atoms with van der Waals surface area (Å²) in [5, 5.41) is 0. The van der Waals surface area contributed by atoms with E-state index in [0.717, 1.165) is 6.54 Å². The van der Waals surface area contributed by atoms with Gasteiger partial charge >= 0.3 is 5.97 Å². The second kappa shape index (κ2) is 5.52. The highest BCUT2D eigenvalue weighted by Gasteiger charge is 2.23. The highest BCUT2D eigenvalue weighted by atomic mass is 16.7. The molecule has 1 saturated heterocycles. The van der Waals surface area contributed by atoms with Crippen LogP contribution in [-0.4, -0.2) is 53.9 Å². The third-order valence-electron chi connectivity index (χ3n) is 3.19. The van der Waals surface area contributed by atoms with E-state index in [1.165, 1.54) is 0 Å². The number of likely N-dealkylation sites (N-methyl/N-ethyl adjacent to an activating group) is 1. The Morgan fingerprint density at radius 1 is 1.40 bits per heavy atom. The molecule has 0 radical (unpaired) electrons. The molecule has 2 aromatic heterocycles. The quantitative estimate of drug-likeness (QED) is 0.763. The third kappa shape index (κ3) is 2.61. The topological polar surface area (TPSA) is 64.6 Å². The van der Waals surface area contributed by atoms with Crippen molar-refractivity contribution in [1.29, 1.82) is 0 Å². The molecule has 1 fully saturated rings. The van der Waals surface area contributed by atoms with Crippen LogP contribution in [0.5, 0.6) is 0 Å². The van der Waals surface area contributed by atoms with Gasteiger partial charge < -0.3 is 9.47 Å². The summed E-state index contributed by atoms with van der Waals surface area (Å²) in [6.07, 6.45) is 2.67. The maximum atomic E-state index is 12.2. The fraction of sp³-hybridized carbons (Fsp3) is 0.357. The average Bonchev–Trinajstić information content (AvgIpc) is 2.46. The van der Waals surface area contributed by atoms with Crippen molar-refractivity contribution in [2.75, 3.05) is 26.7 Å². The zero-order valence-electron chi connectivity index (χ0n) is 11.2. The maximum absolute atomic E-state index is 12.2. The molecule has 0 amide bonds. The van der Waals surface area contributed by atoms with Crippen molar-refractivity contribution in [3.05, 3.63) is 36.2 Å². The Morgan fingerprint density at radius 3 is 3.15 bits per heavy atom. The Morgan fingerprint density at radius 2 is 2.30 bits per heavy atom. The Hall–Kier alpha value is -2.05. The number of rotatable bonds is 2. The number of aromatic nitrogens is 2. The van der Waals surface area contributed by atoms with Gasteiger partial charge in [0, 0.05) is 18.9 Å². The molecule has 1 unspecified atom stereocenters. The van der Waals surface area contributed by atoms with E-state index >= 15 is 0 Å². The van der Waals surface area contributed by atoms with Gasteiger partial charge in [-0.05, 0) is 25.2 Å². The van der Waals surface area contributed by atoms with Gasteiger partial charge in [-0.25, -0.2) is 4.79 Å². The number of hydrogen-bond acceptors (Lipinski definition) is 6. The van der Waals surface area contributed by atoms with E-state index in [-0.39, 0.29) is 0 Å². The summed E-state index contributed by atoms with van der Waals surface area (Å²) >= 11 is 0. The van der Waals surface area contributed by atoms with Gasteiger partial charge in [-0.2, -0.15) is 0 Å². The number of morpholine rings is 1. The van der Waals surface area contributed by atoms with Crippen molar-refractivity contribution in [2.45, 2.75) is 6.29 Å².